The molecule has 0 saturated carbocycles. The number of benzene rings is 1. The summed E-state index contributed by atoms with van der Waals surface area (Å²) < 4.78 is 5.45. The van der Waals surface area contributed by atoms with E-state index in [2.05, 4.69) is 15.3 Å². The molecule has 0 spiro atoms. The second-order valence-electron chi connectivity index (χ2n) is 7.31. The van der Waals surface area contributed by atoms with Gasteiger partial charge in [-0.1, -0.05) is 17.7 Å². The van der Waals surface area contributed by atoms with E-state index in [0.717, 1.165) is 28.6 Å². The normalized spacial score (nSPS) is 12.8. The van der Waals surface area contributed by atoms with Crippen molar-refractivity contribution in [3.8, 4) is 5.75 Å². The molecule has 0 saturated heterocycles. The van der Waals surface area contributed by atoms with E-state index < -0.39 is 0 Å². The molecule has 154 valence electrons. The van der Waals surface area contributed by atoms with Crippen molar-refractivity contribution in [1.82, 2.24) is 19.9 Å². The van der Waals surface area contributed by atoms with Crippen LogP contribution in [0.25, 0.3) is 0 Å². The molecule has 8 heteroatoms. The van der Waals surface area contributed by atoms with E-state index in [1.54, 1.807) is 25.1 Å². The molecule has 3 aromatic rings. The molecule has 1 amide bonds. The Hall–Kier alpha value is -3.19. The van der Waals surface area contributed by atoms with Crippen LogP contribution in [0.15, 0.2) is 30.3 Å². The molecule has 1 aliphatic rings. The first-order chi connectivity index (χ1) is 14.4. The van der Waals surface area contributed by atoms with E-state index in [-0.39, 0.29) is 5.91 Å². The number of rotatable bonds is 5. The van der Waals surface area contributed by atoms with Crippen LogP contribution in [0.5, 0.6) is 5.75 Å². The summed E-state index contributed by atoms with van der Waals surface area (Å²) >= 11 is 6.27. The number of nitrogens with zero attached hydrogens (tertiary/aromatic N) is 4. The third-order valence-corrected chi connectivity index (χ3v) is 5.21. The lowest BCUT2D eigenvalue weighted by Gasteiger charge is -2.15. The largest absolute Gasteiger partial charge is 0.493 e. The number of anilines is 2. The number of aromatic nitrogens is 3. The molecular weight excluding hydrogens is 402 g/mol. The van der Waals surface area contributed by atoms with Crippen LogP contribution in [0.4, 0.5) is 11.4 Å². The number of pyridine rings is 1. The fourth-order valence-electron chi connectivity index (χ4n) is 3.71. The van der Waals surface area contributed by atoms with Crippen molar-refractivity contribution in [2.45, 2.75) is 26.8 Å². The number of fused-ring (bicyclic) bond motifs is 1. The molecule has 4 rings (SSSR count). The Morgan fingerprint density at radius 3 is 2.63 bits per heavy atom. The number of carbonyl (C=O) groups excluding carboxylic acids is 1. The summed E-state index contributed by atoms with van der Waals surface area (Å²) in [5, 5.41) is 3.82. The van der Waals surface area contributed by atoms with E-state index in [9.17, 15) is 4.79 Å². The second-order valence-corrected chi connectivity index (χ2v) is 7.72. The fraction of sp³-hybridized carbons (Fsp3) is 0.273. The maximum Gasteiger partial charge on any atom is 0.257 e. The molecule has 0 unspecified atom stereocenters. The topological polar surface area (TPSA) is 80.2 Å². The van der Waals surface area contributed by atoms with Gasteiger partial charge in [0.1, 0.15) is 5.82 Å². The molecule has 1 N–H and O–H groups in total. The Kier molecular flexibility index (Phi) is 5.30. The van der Waals surface area contributed by atoms with Gasteiger partial charge >= 0.3 is 0 Å². The van der Waals surface area contributed by atoms with Crippen LogP contribution in [0.1, 0.15) is 39.0 Å². The molecule has 30 heavy (non-hydrogen) atoms. The van der Waals surface area contributed by atoms with E-state index in [1.807, 2.05) is 38.1 Å². The lowest BCUT2D eigenvalue weighted by molar-refractivity contribution is 0.0817. The van der Waals surface area contributed by atoms with Gasteiger partial charge in [0.2, 0.25) is 0 Å². The summed E-state index contributed by atoms with van der Waals surface area (Å²) in [6.07, 6.45) is 0.538. The SMILES string of the molecule is COc1c(Cl)cccc1Nc1cc(Cc2cc(C)nc(C)n2)nc2c1C(=O)N(C)C2. The first-order valence-electron chi connectivity index (χ1n) is 9.54. The van der Waals surface area contributed by atoms with Crippen molar-refractivity contribution < 1.29 is 9.53 Å². The van der Waals surface area contributed by atoms with Gasteiger partial charge in [0.15, 0.2) is 5.75 Å². The number of nitrogens with one attached hydrogen (secondary N) is 1. The van der Waals surface area contributed by atoms with Crippen molar-refractivity contribution in [2.75, 3.05) is 19.5 Å². The van der Waals surface area contributed by atoms with Gasteiger partial charge in [0, 0.05) is 24.9 Å². The Morgan fingerprint density at radius 1 is 1.13 bits per heavy atom. The zero-order chi connectivity index (χ0) is 21.4. The third-order valence-electron chi connectivity index (χ3n) is 4.92. The molecule has 1 aliphatic heterocycles. The van der Waals surface area contributed by atoms with Crippen LogP contribution >= 0.6 is 11.6 Å². The Morgan fingerprint density at radius 2 is 1.90 bits per heavy atom. The number of hydrogen-bond acceptors (Lipinski definition) is 6. The van der Waals surface area contributed by atoms with Crippen molar-refractivity contribution in [2.24, 2.45) is 0 Å². The van der Waals surface area contributed by atoms with Crippen molar-refractivity contribution in [3.05, 3.63) is 69.5 Å². The van der Waals surface area contributed by atoms with E-state index in [4.69, 9.17) is 21.3 Å². The molecule has 0 atom stereocenters. The van der Waals surface area contributed by atoms with Gasteiger partial charge in [-0.2, -0.15) is 0 Å². The minimum Gasteiger partial charge on any atom is -0.493 e. The lowest BCUT2D eigenvalue weighted by Crippen LogP contribution is -2.18. The molecular formula is C22H22ClN5O2. The smallest absolute Gasteiger partial charge is 0.257 e. The van der Waals surface area contributed by atoms with Gasteiger partial charge in [0.25, 0.3) is 5.91 Å². The monoisotopic (exact) mass is 423 g/mol. The average Bonchev–Trinajstić information content (AvgIpc) is 2.95. The van der Waals surface area contributed by atoms with Crippen LogP contribution in [0, 0.1) is 13.8 Å². The van der Waals surface area contributed by atoms with E-state index >= 15 is 0 Å². The first-order valence-corrected chi connectivity index (χ1v) is 9.92. The Bertz CT molecular complexity index is 1130. The quantitative estimate of drug-likeness (QED) is 0.666. The Balaban J connectivity index is 1.78. The number of amides is 1. The molecule has 2 aromatic heterocycles. The number of hydrogen-bond donors (Lipinski definition) is 1. The minimum absolute atomic E-state index is 0.0683. The third kappa shape index (κ3) is 3.80. The maximum atomic E-state index is 12.8. The predicted molar refractivity (Wildman–Crippen MR) is 116 cm³/mol. The molecule has 3 heterocycles. The zero-order valence-corrected chi connectivity index (χ0v) is 18.0. The molecule has 0 aliphatic carbocycles. The molecule has 0 radical (unpaired) electrons. The summed E-state index contributed by atoms with van der Waals surface area (Å²) in [6, 6.07) is 9.29. The number of halogens is 1. The van der Waals surface area contributed by atoms with Gasteiger partial charge in [-0.25, -0.2) is 9.97 Å². The van der Waals surface area contributed by atoms with E-state index in [1.165, 1.54) is 0 Å². The summed E-state index contributed by atoms with van der Waals surface area (Å²) in [5.74, 6) is 1.18. The molecule has 7 nitrogen and oxygen atoms in total. The summed E-state index contributed by atoms with van der Waals surface area (Å²) in [4.78, 5) is 28.0. The fourth-order valence-corrected chi connectivity index (χ4v) is 3.97. The first kappa shape index (κ1) is 20.1. The van der Waals surface area contributed by atoms with Crippen molar-refractivity contribution in [1.29, 1.82) is 0 Å². The molecule has 0 fully saturated rings. The minimum atomic E-state index is -0.0683. The highest BCUT2D eigenvalue weighted by Crippen LogP contribution is 2.37. The van der Waals surface area contributed by atoms with Gasteiger partial charge < -0.3 is 15.0 Å². The average molecular weight is 424 g/mol. The van der Waals surface area contributed by atoms with Gasteiger partial charge in [0.05, 0.1) is 47.0 Å². The number of ether oxygens (including phenoxy) is 1. The van der Waals surface area contributed by atoms with Gasteiger partial charge in [-0.15, -0.1) is 0 Å². The summed E-state index contributed by atoms with van der Waals surface area (Å²) in [7, 11) is 3.33. The van der Waals surface area contributed by atoms with Crippen molar-refractivity contribution >= 4 is 28.9 Å². The van der Waals surface area contributed by atoms with Crippen LogP contribution < -0.4 is 10.1 Å². The number of para-hydroxylation sites is 1. The van der Waals surface area contributed by atoms with Crippen LogP contribution in [0.2, 0.25) is 5.02 Å². The van der Waals surface area contributed by atoms with Crippen LogP contribution in [0.3, 0.4) is 0 Å². The number of carbonyl (C=O) groups is 1. The van der Waals surface area contributed by atoms with Crippen molar-refractivity contribution in [3.63, 3.8) is 0 Å². The summed E-state index contributed by atoms with van der Waals surface area (Å²) in [6.45, 7) is 4.28. The van der Waals surface area contributed by atoms with Crippen LogP contribution in [-0.4, -0.2) is 39.9 Å². The van der Waals surface area contributed by atoms with Gasteiger partial charge in [-0.3, -0.25) is 9.78 Å². The number of aryl methyl sites for hydroxylation is 2. The molecule has 1 aromatic carbocycles. The number of methoxy groups -OCH3 is 1. The lowest BCUT2D eigenvalue weighted by atomic mass is 10.1. The maximum absolute atomic E-state index is 12.8. The standard InChI is InChI=1S/C22H22ClN5O2/c1-12-8-14(25-13(2)24-12)9-15-10-18(20-19(26-15)11-28(3)22(20)29)27-17-7-5-6-16(23)21(17)30-4/h5-8,10H,9,11H2,1-4H3,(H,26,27). The second kappa shape index (κ2) is 7.91. The Labute approximate surface area is 180 Å². The summed E-state index contributed by atoms with van der Waals surface area (Å²) in [5.41, 5.74) is 5.28. The van der Waals surface area contributed by atoms with Crippen LogP contribution in [-0.2, 0) is 13.0 Å². The predicted octanol–water partition coefficient (Wildman–Crippen LogP) is 4.07. The highest BCUT2D eigenvalue weighted by atomic mass is 35.5. The highest BCUT2D eigenvalue weighted by molar-refractivity contribution is 6.32. The zero-order valence-electron chi connectivity index (χ0n) is 17.3. The van der Waals surface area contributed by atoms with Gasteiger partial charge in [-0.05, 0) is 38.1 Å². The molecule has 0 bridgehead atoms. The highest BCUT2D eigenvalue weighted by Gasteiger charge is 2.30. The van der Waals surface area contributed by atoms with E-state index in [0.29, 0.717) is 40.7 Å².